The van der Waals surface area contributed by atoms with Crippen molar-refractivity contribution >= 4 is 28.4 Å². The molecule has 0 unspecified atom stereocenters. The Morgan fingerprint density at radius 2 is 1.97 bits per heavy atom. The lowest BCUT2D eigenvalue weighted by Crippen LogP contribution is -2.38. The van der Waals surface area contributed by atoms with E-state index >= 15 is 0 Å². The zero-order chi connectivity index (χ0) is 20.2. The number of hydrogen-bond acceptors (Lipinski definition) is 4. The van der Waals surface area contributed by atoms with Crippen LogP contribution >= 0.6 is 0 Å². The monoisotopic (exact) mass is 403 g/mol. The molecule has 1 aliphatic rings. The average Bonchev–Trinajstić information content (AvgIpc) is 2.74. The Morgan fingerprint density at radius 3 is 2.72 bits per heavy atom. The van der Waals surface area contributed by atoms with E-state index in [0.717, 1.165) is 53.7 Å². The molecule has 5 heteroatoms. The topological polar surface area (TPSA) is 52.0 Å². The van der Waals surface area contributed by atoms with Crippen LogP contribution in [0.15, 0.2) is 48.8 Å². The van der Waals surface area contributed by atoms with Crippen LogP contribution in [0.25, 0.3) is 21.9 Å². The first-order valence-corrected chi connectivity index (χ1v) is 11.3. The first kappa shape index (κ1) is 19.8. The third-order valence-electron chi connectivity index (χ3n) is 5.47. The third kappa shape index (κ3) is 4.55. The van der Waals surface area contributed by atoms with Gasteiger partial charge in [0.05, 0.1) is 23.6 Å². The Morgan fingerprint density at radius 1 is 1.17 bits per heavy atom. The van der Waals surface area contributed by atoms with Crippen LogP contribution in [-0.2, 0) is 11.9 Å². The van der Waals surface area contributed by atoms with Gasteiger partial charge in [-0.2, -0.15) is 5.26 Å². The predicted molar refractivity (Wildman–Crippen MR) is 124 cm³/mol. The number of rotatable bonds is 5. The van der Waals surface area contributed by atoms with Crippen LogP contribution < -0.4 is 5.32 Å². The van der Waals surface area contributed by atoms with E-state index in [-0.39, 0.29) is 0 Å². The van der Waals surface area contributed by atoms with Gasteiger partial charge in [0.25, 0.3) is 0 Å². The Hall–Kier alpha value is -2.55. The molecule has 2 aromatic carbocycles. The molecule has 0 amide bonds. The second-order valence-electron chi connectivity index (χ2n) is 7.65. The first-order chi connectivity index (χ1) is 14.2. The lowest BCUT2D eigenvalue weighted by atomic mass is 9.97. The second-order valence-corrected chi connectivity index (χ2v) is 9.13. The Kier molecular flexibility index (Phi) is 6.03. The van der Waals surface area contributed by atoms with Gasteiger partial charge >= 0.3 is 0 Å². The van der Waals surface area contributed by atoms with Gasteiger partial charge in [0.15, 0.2) is 0 Å². The molecule has 0 spiro atoms. The molecule has 1 saturated heterocycles. The molecule has 0 saturated carbocycles. The van der Waals surface area contributed by atoms with Crippen LogP contribution in [-0.4, -0.2) is 34.2 Å². The zero-order valence-electron chi connectivity index (χ0n) is 17.0. The molecule has 1 N–H and O–H groups in total. The summed E-state index contributed by atoms with van der Waals surface area (Å²) >= 11 is 1.44. The van der Waals surface area contributed by atoms with Crippen molar-refractivity contribution in [3.63, 3.8) is 0 Å². The van der Waals surface area contributed by atoms with Gasteiger partial charge in [-0.1, -0.05) is 6.07 Å². The summed E-state index contributed by atoms with van der Waals surface area (Å²) in [6.07, 6.45) is 6.10. The molecule has 3 aromatic rings. The third-order valence-corrected chi connectivity index (χ3v) is 6.55. The largest absolute Gasteiger partial charge is 0.382 e. The van der Waals surface area contributed by atoms with Crippen LogP contribution in [0.3, 0.4) is 0 Å². The minimum atomic E-state index is 0.476. The Balaban J connectivity index is 1.67. The maximum absolute atomic E-state index is 9.36. The summed E-state index contributed by atoms with van der Waals surface area (Å²) in [6.45, 7) is 6.57. The average molecular weight is 404 g/mol. The van der Waals surface area contributed by atoms with Gasteiger partial charge in [-0.25, -0.2) is 0 Å². The summed E-state index contributed by atoms with van der Waals surface area (Å²) in [6, 6.07) is 15.3. The maximum atomic E-state index is 9.36. The van der Waals surface area contributed by atoms with Crippen molar-refractivity contribution in [2.45, 2.75) is 32.7 Å². The number of piperidine rings is 1. The highest BCUT2D eigenvalue weighted by Crippen LogP contribution is 2.32. The minimum absolute atomic E-state index is 0.476. The van der Waals surface area contributed by atoms with Crippen molar-refractivity contribution in [2.24, 2.45) is 0 Å². The number of benzene rings is 2. The number of aromatic nitrogens is 1. The molecule has 0 bridgehead atoms. The molecule has 2 heterocycles. The molecule has 4 nitrogen and oxygen atoms in total. The van der Waals surface area contributed by atoms with Crippen LogP contribution in [0.5, 0.6) is 0 Å². The number of pyridine rings is 1. The second kappa shape index (κ2) is 8.86. The standard InChI is InChI=1S/C24H26N4S/c1-3-29-28-8-5-22(6-9-28)27-24-14-21(13-19-4-7-26-16-23(19)24)20-11-17(2)10-18(12-20)15-25/h4,7,10-14,16,22,27H,3,5-6,8-9H2,1-2H3/p+1. The minimum Gasteiger partial charge on any atom is -0.382 e. The molecule has 29 heavy (non-hydrogen) atoms. The SMILES string of the molecule is CC[SH+]N1CCC(Nc2cc(-c3cc(C)cc(C#N)c3)cc3ccncc23)CC1. The predicted octanol–water partition coefficient (Wildman–Crippen LogP) is 4.71. The van der Waals surface area contributed by atoms with E-state index < -0.39 is 0 Å². The lowest BCUT2D eigenvalue weighted by molar-refractivity contribution is 0.357. The van der Waals surface area contributed by atoms with Gasteiger partial charge in [-0.05, 0) is 79.1 Å². The van der Waals surface area contributed by atoms with Crippen molar-refractivity contribution in [1.82, 2.24) is 9.29 Å². The maximum Gasteiger partial charge on any atom is 0.122 e. The van der Waals surface area contributed by atoms with Crippen LogP contribution in [0.4, 0.5) is 5.69 Å². The van der Waals surface area contributed by atoms with E-state index in [2.05, 4.69) is 51.9 Å². The highest BCUT2D eigenvalue weighted by molar-refractivity contribution is 7.76. The van der Waals surface area contributed by atoms with E-state index in [1.807, 2.05) is 31.5 Å². The molecule has 0 radical (unpaired) electrons. The van der Waals surface area contributed by atoms with Crippen LogP contribution in [0, 0.1) is 18.3 Å². The molecule has 0 atom stereocenters. The number of nitriles is 1. The molecule has 148 valence electrons. The Labute approximate surface area is 177 Å². The zero-order valence-corrected chi connectivity index (χ0v) is 17.9. The summed E-state index contributed by atoms with van der Waals surface area (Å²) in [5, 5.41) is 15.5. The highest BCUT2D eigenvalue weighted by atomic mass is 32.2. The van der Waals surface area contributed by atoms with E-state index in [0.29, 0.717) is 11.6 Å². The van der Waals surface area contributed by atoms with Crippen LogP contribution in [0.2, 0.25) is 0 Å². The van der Waals surface area contributed by atoms with Crippen LogP contribution in [0.1, 0.15) is 30.9 Å². The van der Waals surface area contributed by atoms with Gasteiger partial charge < -0.3 is 5.32 Å². The van der Waals surface area contributed by atoms with Crippen molar-refractivity contribution < 1.29 is 0 Å². The van der Waals surface area contributed by atoms with Gasteiger partial charge in [0, 0.05) is 42.6 Å². The molecular weight excluding hydrogens is 376 g/mol. The van der Waals surface area contributed by atoms with Crippen molar-refractivity contribution in [2.75, 3.05) is 24.2 Å². The molecular formula is C24H27N4S+. The fourth-order valence-corrected chi connectivity index (χ4v) is 4.98. The van der Waals surface area contributed by atoms with E-state index in [4.69, 9.17) is 0 Å². The fraction of sp³-hybridized carbons (Fsp3) is 0.333. The lowest BCUT2D eigenvalue weighted by Gasteiger charge is -2.28. The van der Waals surface area contributed by atoms with Gasteiger partial charge in [-0.15, -0.1) is 4.31 Å². The molecule has 4 rings (SSSR count). The number of hydrogen-bond donors (Lipinski definition) is 1. The van der Waals surface area contributed by atoms with Crippen molar-refractivity contribution in [1.29, 1.82) is 5.26 Å². The summed E-state index contributed by atoms with van der Waals surface area (Å²) in [5.74, 6) is 1.19. The summed E-state index contributed by atoms with van der Waals surface area (Å²) in [7, 11) is 0. The molecule has 0 aliphatic carbocycles. The highest BCUT2D eigenvalue weighted by Gasteiger charge is 2.23. The number of nitrogens with zero attached hydrogens (tertiary/aromatic N) is 3. The number of fused-ring (bicyclic) bond motifs is 1. The first-order valence-electron chi connectivity index (χ1n) is 10.2. The fourth-order valence-electron chi connectivity index (χ4n) is 4.07. The number of nitrogens with one attached hydrogen (secondary N) is 1. The van der Waals surface area contributed by atoms with E-state index in [1.54, 1.807) is 0 Å². The smallest absolute Gasteiger partial charge is 0.122 e. The van der Waals surface area contributed by atoms with E-state index in [9.17, 15) is 5.26 Å². The normalized spacial score (nSPS) is 15.3. The molecule has 1 aromatic heterocycles. The van der Waals surface area contributed by atoms with E-state index in [1.165, 1.54) is 23.1 Å². The Bertz CT molecular complexity index is 1050. The number of anilines is 1. The summed E-state index contributed by atoms with van der Waals surface area (Å²) < 4.78 is 2.53. The van der Waals surface area contributed by atoms with Crippen molar-refractivity contribution in [3.8, 4) is 17.2 Å². The van der Waals surface area contributed by atoms with Gasteiger partial charge in [0.2, 0.25) is 0 Å². The van der Waals surface area contributed by atoms with Gasteiger partial charge in [-0.3, -0.25) is 4.98 Å². The number of aryl methyl sites for hydroxylation is 1. The quantitative estimate of drug-likeness (QED) is 0.495. The van der Waals surface area contributed by atoms with Gasteiger partial charge in [0.1, 0.15) is 5.75 Å². The summed E-state index contributed by atoms with van der Waals surface area (Å²) in [5.41, 5.74) is 5.16. The molecule has 1 fully saturated rings. The number of thiol groups is 1. The molecule has 1 aliphatic heterocycles. The van der Waals surface area contributed by atoms with Crippen molar-refractivity contribution in [3.05, 3.63) is 59.9 Å². The summed E-state index contributed by atoms with van der Waals surface area (Å²) in [4.78, 5) is 4.35.